The number of rotatable bonds is 4. The largest absolute Gasteiger partial charge is 0.336 e. The van der Waals surface area contributed by atoms with Crippen LogP contribution in [0.25, 0.3) is 0 Å². The van der Waals surface area contributed by atoms with Crippen molar-refractivity contribution in [1.29, 1.82) is 0 Å². The second kappa shape index (κ2) is 6.04. The summed E-state index contributed by atoms with van der Waals surface area (Å²) in [6, 6.07) is 5.91. The third-order valence-corrected chi connectivity index (χ3v) is 3.74. The molecule has 0 atom stereocenters. The molecule has 0 fully saturated rings. The van der Waals surface area contributed by atoms with E-state index in [9.17, 15) is 14.9 Å². The summed E-state index contributed by atoms with van der Waals surface area (Å²) in [5, 5.41) is 15.1. The predicted octanol–water partition coefficient (Wildman–Crippen LogP) is 2.36. The number of amides is 1. The van der Waals surface area contributed by atoms with Crippen LogP contribution in [0.5, 0.6) is 0 Å². The van der Waals surface area contributed by atoms with Crippen LogP contribution < -0.4 is 0 Å². The molecule has 21 heavy (non-hydrogen) atoms. The standard InChI is InChI=1S/C13H13BrN4O3/c1-16(8-12-10(14)7-15-17(12)2)13(19)9-5-3-4-6-11(9)18(20)21/h3-7H,8H2,1-2H3. The number of nitrogens with zero attached hydrogens (tertiary/aromatic N) is 4. The fourth-order valence-electron chi connectivity index (χ4n) is 1.93. The van der Waals surface area contributed by atoms with Crippen molar-refractivity contribution in [3.05, 3.63) is 56.3 Å². The molecule has 0 saturated carbocycles. The number of para-hydroxylation sites is 1. The molecule has 0 aliphatic rings. The molecule has 7 nitrogen and oxygen atoms in total. The molecule has 0 unspecified atom stereocenters. The zero-order valence-corrected chi connectivity index (χ0v) is 13.1. The fraction of sp³-hybridized carbons (Fsp3) is 0.231. The van der Waals surface area contributed by atoms with E-state index in [0.29, 0.717) is 6.54 Å². The molecule has 2 rings (SSSR count). The van der Waals surface area contributed by atoms with E-state index >= 15 is 0 Å². The molecule has 0 aliphatic heterocycles. The van der Waals surface area contributed by atoms with Crippen LogP contribution in [0.4, 0.5) is 5.69 Å². The van der Waals surface area contributed by atoms with Gasteiger partial charge in [-0.2, -0.15) is 5.10 Å². The average Bonchev–Trinajstić information content (AvgIpc) is 2.78. The SMILES string of the molecule is CN(Cc1c(Br)cnn1C)C(=O)c1ccccc1[N+](=O)[O-]. The summed E-state index contributed by atoms with van der Waals surface area (Å²) in [4.78, 5) is 24.2. The number of hydrogen-bond acceptors (Lipinski definition) is 4. The van der Waals surface area contributed by atoms with Gasteiger partial charge in [-0.3, -0.25) is 19.6 Å². The van der Waals surface area contributed by atoms with Crippen molar-refractivity contribution in [2.45, 2.75) is 6.54 Å². The Hall–Kier alpha value is -2.22. The lowest BCUT2D eigenvalue weighted by Crippen LogP contribution is -2.28. The van der Waals surface area contributed by atoms with E-state index in [1.807, 2.05) is 0 Å². The molecular weight excluding hydrogens is 340 g/mol. The molecule has 1 aromatic carbocycles. The second-order valence-electron chi connectivity index (χ2n) is 4.50. The Balaban J connectivity index is 2.26. The van der Waals surface area contributed by atoms with Crippen LogP contribution >= 0.6 is 15.9 Å². The monoisotopic (exact) mass is 352 g/mol. The maximum absolute atomic E-state index is 12.4. The van der Waals surface area contributed by atoms with Gasteiger partial charge in [-0.1, -0.05) is 12.1 Å². The zero-order chi connectivity index (χ0) is 15.6. The minimum atomic E-state index is -0.555. The van der Waals surface area contributed by atoms with Gasteiger partial charge in [0.2, 0.25) is 0 Å². The van der Waals surface area contributed by atoms with E-state index in [1.54, 1.807) is 31.0 Å². The first kappa shape index (κ1) is 15.2. The Morgan fingerprint density at radius 3 is 2.71 bits per heavy atom. The molecule has 110 valence electrons. The molecule has 0 aliphatic carbocycles. The third kappa shape index (κ3) is 3.10. The number of hydrogen-bond donors (Lipinski definition) is 0. The van der Waals surface area contributed by atoms with Crippen LogP contribution in [0.3, 0.4) is 0 Å². The summed E-state index contributed by atoms with van der Waals surface area (Å²) in [6.45, 7) is 0.294. The lowest BCUT2D eigenvalue weighted by molar-refractivity contribution is -0.385. The Kier molecular flexibility index (Phi) is 4.37. The summed E-state index contributed by atoms with van der Waals surface area (Å²) in [7, 11) is 3.36. The number of aryl methyl sites for hydroxylation is 1. The predicted molar refractivity (Wildman–Crippen MR) is 79.8 cm³/mol. The van der Waals surface area contributed by atoms with Crippen LogP contribution in [0.15, 0.2) is 34.9 Å². The number of halogens is 1. The molecule has 0 bridgehead atoms. The molecule has 0 spiro atoms. The van der Waals surface area contributed by atoms with Crippen LogP contribution in [0.2, 0.25) is 0 Å². The van der Waals surface area contributed by atoms with Gasteiger partial charge in [0.25, 0.3) is 11.6 Å². The first-order valence-electron chi connectivity index (χ1n) is 6.07. The number of nitro benzene ring substituents is 1. The van der Waals surface area contributed by atoms with Gasteiger partial charge in [-0.15, -0.1) is 0 Å². The lowest BCUT2D eigenvalue weighted by atomic mass is 10.1. The topological polar surface area (TPSA) is 81.3 Å². The van der Waals surface area contributed by atoms with Gasteiger partial charge in [-0.25, -0.2) is 0 Å². The van der Waals surface area contributed by atoms with Crippen molar-refractivity contribution >= 4 is 27.5 Å². The Bertz CT molecular complexity index is 679. The van der Waals surface area contributed by atoms with Crippen LogP contribution in [-0.2, 0) is 13.6 Å². The minimum absolute atomic E-state index is 0.0725. The molecule has 1 heterocycles. The van der Waals surface area contributed by atoms with Crippen molar-refractivity contribution < 1.29 is 9.72 Å². The van der Waals surface area contributed by atoms with E-state index in [-0.39, 0.29) is 11.3 Å². The highest BCUT2D eigenvalue weighted by Crippen LogP contribution is 2.21. The summed E-state index contributed by atoms with van der Waals surface area (Å²) in [5.74, 6) is -0.407. The highest BCUT2D eigenvalue weighted by atomic mass is 79.9. The minimum Gasteiger partial charge on any atom is -0.336 e. The van der Waals surface area contributed by atoms with Crippen LogP contribution in [0, 0.1) is 10.1 Å². The molecule has 8 heteroatoms. The van der Waals surface area contributed by atoms with Gasteiger partial charge in [-0.05, 0) is 22.0 Å². The van der Waals surface area contributed by atoms with E-state index in [1.165, 1.54) is 23.1 Å². The number of benzene rings is 1. The third-order valence-electron chi connectivity index (χ3n) is 3.08. The normalized spacial score (nSPS) is 10.4. The molecule has 1 amide bonds. The molecule has 2 aromatic rings. The van der Waals surface area contributed by atoms with Gasteiger partial charge in [0.1, 0.15) is 5.56 Å². The number of aromatic nitrogens is 2. The van der Waals surface area contributed by atoms with E-state index in [0.717, 1.165) is 10.2 Å². The Labute approximate surface area is 129 Å². The smallest absolute Gasteiger partial charge is 0.282 e. The van der Waals surface area contributed by atoms with Crippen molar-refractivity contribution in [3.63, 3.8) is 0 Å². The molecular formula is C13H13BrN4O3. The number of nitro groups is 1. The fourth-order valence-corrected chi connectivity index (χ4v) is 2.40. The van der Waals surface area contributed by atoms with Crippen molar-refractivity contribution in [3.8, 4) is 0 Å². The highest BCUT2D eigenvalue weighted by Gasteiger charge is 2.23. The lowest BCUT2D eigenvalue weighted by Gasteiger charge is -2.17. The molecule has 0 radical (unpaired) electrons. The van der Waals surface area contributed by atoms with E-state index in [4.69, 9.17) is 0 Å². The second-order valence-corrected chi connectivity index (χ2v) is 5.35. The van der Waals surface area contributed by atoms with Gasteiger partial charge in [0.15, 0.2) is 0 Å². The molecule has 0 N–H and O–H groups in total. The quantitative estimate of drug-likeness (QED) is 0.624. The summed E-state index contributed by atoms with van der Waals surface area (Å²) >= 11 is 3.36. The van der Waals surface area contributed by atoms with Gasteiger partial charge < -0.3 is 4.90 Å². The maximum Gasteiger partial charge on any atom is 0.282 e. The van der Waals surface area contributed by atoms with Gasteiger partial charge in [0, 0.05) is 20.2 Å². The van der Waals surface area contributed by atoms with Gasteiger partial charge >= 0.3 is 0 Å². The number of carbonyl (C=O) groups is 1. The van der Waals surface area contributed by atoms with E-state index < -0.39 is 10.8 Å². The van der Waals surface area contributed by atoms with Crippen LogP contribution in [0.1, 0.15) is 16.1 Å². The number of carbonyl (C=O) groups excluding carboxylic acids is 1. The Morgan fingerprint density at radius 1 is 1.48 bits per heavy atom. The maximum atomic E-state index is 12.4. The summed E-state index contributed by atoms with van der Waals surface area (Å²) < 4.78 is 2.43. The van der Waals surface area contributed by atoms with Gasteiger partial charge in [0.05, 0.1) is 27.8 Å². The molecule has 1 aromatic heterocycles. The zero-order valence-electron chi connectivity index (χ0n) is 11.5. The average molecular weight is 353 g/mol. The van der Waals surface area contributed by atoms with Crippen molar-refractivity contribution in [2.75, 3.05) is 7.05 Å². The van der Waals surface area contributed by atoms with E-state index in [2.05, 4.69) is 21.0 Å². The van der Waals surface area contributed by atoms with Crippen molar-refractivity contribution in [1.82, 2.24) is 14.7 Å². The molecule has 0 saturated heterocycles. The van der Waals surface area contributed by atoms with Crippen molar-refractivity contribution in [2.24, 2.45) is 7.05 Å². The first-order chi connectivity index (χ1) is 9.91. The van der Waals surface area contributed by atoms with Crippen LogP contribution in [-0.4, -0.2) is 32.6 Å². The summed E-state index contributed by atoms with van der Waals surface area (Å²) in [6.07, 6.45) is 1.64. The first-order valence-corrected chi connectivity index (χ1v) is 6.86. The Morgan fingerprint density at radius 2 is 2.14 bits per heavy atom. The summed E-state index contributed by atoms with van der Waals surface area (Å²) in [5.41, 5.74) is 0.686. The highest BCUT2D eigenvalue weighted by molar-refractivity contribution is 9.10.